The molecule has 0 spiro atoms. The van der Waals surface area contributed by atoms with Crippen LogP contribution in [0.15, 0.2) is 72.8 Å². The molecule has 5 heteroatoms. The molecule has 3 aromatic rings. The fourth-order valence-electron chi connectivity index (χ4n) is 1.99. The Balaban J connectivity index is 1.64. The van der Waals surface area contributed by atoms with E-state index >= 15 is 0 Å². The smallest absolute Gasteiger partial charge is 0.343 e. The van der Waals surface area contributed by atoms with Crippen LogP contribution >= 0.6 is 0 Å². The van der Waals surface area contributed by atoms with Gasteiger partial charge in [0.05, 0.1) is 5.56 Å². The van der Waals surface area contributed by atoms with Crippen LogP contribution in [0.25, 0.3) is 0 Å². The Kier molecular flexibility index (Phi) is 4.34. The standard InChI is InChI=1S/C19H14O5/c20-14-3-1-13(2-4-14)19(22)24-18-11-9-17(10-12-18)23-16-7-5-15(21)6-8-16/h1-12,20-21H. The molecule has 3 rings (SSSR count). The molecule has 0 aliphatic carbocycles. The molecule has 0 unspecified atom stereocenters. The second-order valence-corrected chi connectivity index (χ2v) is 5.00. The quantitative estimate of drug-likeness (QED) is 0.558. The largest absolute Gasteiger partial charge is 0.508 e. The van der Waals surface area contributed by atoms with E-state index in [0.717, 1.165) is 0 Å². The van der Waals surface area contributed by atoms with Crippen molar-refractivity contribution in [3.05, 3.63) is 78.4 Å². The monoisotopic (exact) mass is 322 g/mol. The summed E-state index contributed by atoms with van der Waals surface area (Å²) in [5.41, 5.74) is 0.345. The summed E-state index contributed by atoms with van der Waals surface area (Å²) >= 11 is 0. The van der Waals surface area contributed by atoms with E-state index in [1.165, 1.54) is 36.4 Å². The van der Waals surface area contributed by atoms with Crippen LogP contribution < -0.4 is 9.47 Å². The Morgan fingerprint density at radius 3 is 1.58 bits per heavy atom. The van der Waals surface area contributed by atoms with Crippen molar-refractivity contribution < 1.29 is 24.5 Å². The van der Waals surface area contributed by atoms with Gasteiger partial charge in [-0.15, -0.1) is 0 Å². The van der Waals surface area contributed by atoms with Crippen LogP contribution in [0.4, 0.5) is 0 Å². The molecule has 0 amide bonds. The summed E-state index contributed by atoms with van der Waals surface area (Å²) in [6.45, 7) is 0. The summed E-state index contributed by atoms with van der Waals surface area (Å²) in [6, 6.07) is 18.8. The number of hydrogen-bond donors (Lipinski definition) is 2. The van der Waals surface area contributed by atoms with Crippen LogP contribution in [0, 0.1) is 0 Å². The van der Waals surface area contributed by atoms with Crippen molar-refractivity contribution in [3.8, 4) is 28.7 Å². The number of carbonyl (C=O) groups is 1. The highest BCUT2D eigenvalue weighted by Crippen LogP contribution is 2.25. The molecule has 0 aromatic heterocycles. The number of aromatic hydroxyl groups is 2. The minimum atomic E-state index is -0.512. The van der Waals surface area contributed by atoms with Gasteiger partial charge in [-0.3, -0.25) is 0 Å². The molecule has 0 atom stereocenters. The molecule has 24 heavy (non-hydrogen) atoms. The number of esters is 1. The highest BCUT2D eigenvalue weighted by Gasteiger charge is 2.08. The molecule has 0 aliphatic heterocycles. The van der Waals surface area contributed by atoms with Gasteiger partial charge in [-0.1, -0.05) is 0 Å². The Morgan fingerprint density at radius 1 is 0.625 bits per heavy atom. The zero-order valence-electron chi connectivity index (χ0n) is 12.5. The first-order chi connectivity index (χ1) is 11.6. The predicted octanol–water partition coefficient (Wildman–Crippen LogP) is 4.11. The number of hydrogen-bond acceptors (Lipinski definition) is 5. The van der Waals surface area contributed by atoms with Crippen LogP contribution in [0.2, 0.25) is 0 Å². The van der Waals surface area contributed by atoms with Gasteiger partial charge in [-0.05, 0) is 72.8 Å². The maximum Gasteiger partial charge on any atom is 0.343 e. The van der Waals surface area contributed by atoms with Gasteiger partial charge in [0, 0.05) is 0 Å². The Hall–Kier alpha value is -3.47. The number of rotatable bonds is 4. The maximum absolute atomic E-state index is 12.0. The lowest BCUT2D eigenvalue weighted by Gasteiger charge is -2.08. The van der Waals surface area contributed by atoms with Crippen molar-refractivity contribution >= 4 is 5.97 Å². The van der Waals surface area contributed by atoms with Crippen LogP contribution in [0.3, 0.4) is 0 Å². The number of carbonyl (C=O) groups excluding carboxylic acids is 1. The molecule has 0 saturated carbocycles. The Morgan fingerprint density at radius 2 is 1.04 bits per heavy atom. The molecule has 0 radical (unpaired) electrons. The molecule has 0 fully saturated rings. The zero-order chi connectivity index (χ0) is 16.9. The third kappa shape index (κ3) is 3.84. The third-order valence-corrected chi connectivity index (χ3v) is 3.21. The second kappa shape index (κ2) is 6.75. The maximum atomic E-state index is 12.0. The van der Waals surface area contributed by atoms with E-state index in [1.807, 2.05) is 0 Å². The molecule has 2 N–H and O–H groups in total. The fourth-order valence-corrected chi connectivity index (χ4v) is 1.99. The molecule has 0 aliphatic rings. The molecule has 120 valence electrons. The number of phenols is 2. The SMILES string of the molecule is O=C(Oc1ccc(Oc2ccc(O)cc2)cc1)c1ccc(O)cc1. The van der Waals surface area contributed by atoms with E-state index in [9.17, 15) is 15.0 Å². The third-order valence-electron chi connectivity index (χ3n) is 3.21. The summed E-state index contributed by atoms with van der Waals surface area (Å²) in [7, 11) is 0. The van der Waals surface area contributed by atoms with E-state index in [0.29, 0.717) is 22.8 Å². The highest BCUT2D eigenvalue weighted by molar-refractivity contribution is 5.91. The number of phenolic OH excluding ortho intramolecular Hbond substituents is 2. The first-order valence-electron chi connectivity index (χ1n) is 7.18. The van der Waals surface area contributed by atoms with Gasteiger partial charge in [0.2, 0.25) is 0 Å². The van der Waals surface area contributed by atoms with Crippen molar-refractivity contribution in [2.24, 2.45) is 0 Å². The lowest BCUT2D eigenvalue weighted by atomic mass is 10.2. The van der Waals surface area contributed by atoms with Crippen LogP contribution in [0.1, 0.15) is 10.4 Å². The topological polar surface area (TPSA) is 76.0 Å². The van der Waals surface area contributed by atoms with Gasteiger partial charge in [-0.25, -0.2) is 4.79 Å². The first kappa shape index (κ1) is 15.4. The van der Waals surface area contributed by atoms with Crippen molar-refractivity contribution in [2.75, 3.05) is 0 Å². The van der Waals surface area contributed by atoms with Crippen LogP contribution in [-0.4, -0.2) is 16.2 Å². The zero-order valence-corrected chi connectivity index (χ0v) is 12.5. The van der Waals surface area contributed by atoms with Crippen LogP contribution in [-0.2, 0) is 0 Å². The molecule has 0 bridgehead atoms. The summed E-state index contributed by atoms with van der Waals surface area (Å²) in [5, 5.41) is 18.4. The molecule has 5 nitrogen and oxygen atoms in total. The summed E-state index contributed by atoms with van der Waals surface area (Å²) < 4.78 is 10.9. The highest BCUT2D eigenvalue weighted by atomic mass is 16.5. The average Bonchev–Trinajstić information content (AvgIpc) is 2.59. The fraction of sp³-hybridized carbons (Fsp3) is 0. The van der Waals surface area contributed by atoms with Gasteiger partial charge < -0.3 is 19.7 Å². The van der Waals surface area contributed by atoms with Crippen molar-refractivity contribution in [1.29, 1.82) is 0 Å². The van der Waals surface area contributed by atoms with E-state index in [-0.39, 0.29) is 11.5 Å². The van der Waals surface area contributed by atoms with Gasteiger partial charge in [0.1, 0.15) is 28.7 Å². The second-order valence-electron chi connectivity index (χ2n) is 5.00. The summed E-state index contributed by atoms with van der Waals surface area (Å²) in [5.74, 6) is 1.28. The summed E-state index contributed by atoms with van der Waals surface area (Å²) in [6.07, 6.45) is 0. The van der Waals surface area contributed by atoms with Crippen LogP contribution in [0.5, 0.6) is 28.7 Å². The molecular formula is C19H14O5. The minimum absolute atomic E-state index is 0.0854. The molecule has 0 heterocycles. The van der Waals surface area contributed by atoms with Crippen molar-refractivity contribution in [2.45, 2.75) is 0 Å². The van der Waals surface area contributed by atoms with Gasteiger partial charge in [-0.2, -0.15) is 0 Å². The molecule has 3 aromatic carbocycles. The normalized spacial score (nSPS) is 10.2. The van der Waals surface area contributed by atoms with Crippen molar-refractivity contribution in [1.82, 2.24) is 0 Å². The van der Waals surface area contributed by atoms with E-state index < -0.39 is 5.97 Å². The van der Waals surface area contributed by atoms with E-state index in [4.69, 9.17) is 9.47 Å². The minimum Gasteiger partial charge on any atom is -0.508 e. The lowest BCUT2D eigenvalue weighted by Crippen LogP contribution is -2.07. The molecular weight excluding hydrogens is 308 g/mol. The predicted molar refractivity (Wildman–Crippen MR) is 87.7 cm³/mol. The van der Waals surface area contributed by atoms with Gasteiger partial charge in [0.25, 0.3) is 0 Å². The van der Waals surface area contributed by atoms with E-state index in [1.54, 1.807) is 36.4 Å². The Bertz CT molecular complexity index is 821. The van der Waals surface area contributed by atoms with E-state index in [2.05, 4.69) is 0 Å². The number of benzene rings is 3. The van der Waals surface area contributed by atoms with Gasteiger partial charge in [0.15, 0.2) is 0 Å². The number of ether oxygens (including phenoxy) is 2. The average molecular weight is 322 g/mol. The molecule has 0 saturated heterocycles. The summed E-state index contributed by atoms with van der Waals surface area (Å²) in [4.78, 5) is 12.0. The van der Waals surface area contributed by atoms with Crippen molar-refractivity contribution in [3.63, 3.8) is 0 Å². The first-order valence-corrected chi connectivity index (χ1v) is 7.18. The van der Waals surface area contributed by atoms with Gasteiger partial charge >= 0.3 is 5.97 Å². The lowest BCUT2D eigenvalue weighted by molar-refractivity contribution is 0.0734. The Labute approximate surface area is 138 Å².